The maximum atomic E-state index is 6.11. The summed E-state index contributed by atoms with van der Waals surface area (Å²) in [4.78, 5) is 5.06. The zero-order valence-electron chi connectivity index (χ0n) is 16.8. The molecule has 0 radical (unpaired) electrons. The first kappa shape index (κ1) is 21.4. The van der Waals surface area contributed by atoms with E-state index in [1.807, 2.05) is 13.1 Å². The summed E-state index contributed by atoms with van der Waals surface area (Å²) in [5.74, 6) is 1.52. The third kappa shape index (κ3) is 5.62. The molecular weight excluding hydrogens is 393 g/mol. The highest BCUT2D eigenvalue weighted by atomic mass is 35.5. The highest BCUT2D eigenvalue weighted by Crippen LogP contribution is 2.31. The summed E-state index contributed by atoms with van der Waals surface area (Å²) in [7, 11) is 1.95. The zero-order chi connectivity index (χ0) is 20.1. The van der Waals surface area contributed by atoms with Gasteiger partial charge in [-0.2, -0.15) is 0 Å². The fourth-order valence-corrected chi connectivity index (χ4v) is 3.81. The molecule has 3 rings (SSSR count). The molecule has 1 aliphatic heterocycles. The second kappa shape index (κ2) is 9.95. The fraction of sp³-hybridized carbons (Fsp3) is 0.455. The SMILES string of the molecule is CNCc1cc(CN2CCN(C(C)C)CC2)ccc1Oc1ccc(Cl)c(Cl)c1. The molecule has 0 saturated carbocycles. The second-order valence-electron chi connectivity index (χ2n) is 7.56. The topological polar surface area (TPSA) is 27.7 Å². The van der Waals surface area contributed by atoms with Crippen molar-refractivity contribution in [3.05, 3.63) is 57.6 Å². The van der Waals surface area contributed by atoms with Gasteiger partial charge in [0.2, 0.25) is 0 Å². The predicted molar refractivity (Wildman–Crippen MR) is 118 cm³/mol. The van der Waals surface area contributed by atoms with E-state index in [-0.39, 0.29) is 0 Å². The van der Waals surface area contributed by atoms with Crippen molar-refractivity contribution in [3.63, 3.8) is 0 Å². The van der Waals surface area contributed by atoms with Gasteiger partial charge in [-0.05, 0) is 50.7 Å². The standard InChI is InChI=1S/C22H29Cl2N3O/c1-16(2)27-10-8-26(9-11-27)15-17-4-7-22(18(12-17)14-25-3)28-19-5-6-20(23)21(24)13-19/h4-7,12-13,16,25H,8-11,14-15H2,1-3H3. The van der Waals surface area contributed by atoms with Gasteiger partial charge in [-0.1, -0.05) is 29.3 Å². The largest absolute Gasteiger partial charge is 0.457 e. The lowest BCUT2D eigenvalue weighted by atomic mass is 10.1. The van der Waals surface area contributed by atoms with Crippen molar-refractivity contribution in [3.8, 4) is 11.5 Å². The summed E-state index contributed by atoms with van der Waals surface area (Å²) in [6.45, 7) is 10.8. The number of hydrogen-bond acceptors (Lipinski definition) is 4. The number of rotatable bonds is 7. The summed E-state index contributed by atoms with van der Waals surface area (Å²) in [5.41, 5.74) is 2.44. The molecule has 1 N–H and O–H groups in total. The average Bonchev–Trinajstić information content (AvgIpc) is 2.67. The maximum absolute atomic E-state index is 6.11. The first-order valence-corrected chi connectivity index (χ1v) is 10.6. The summed E-state index contributed by atoms with van der Waals surface area (Å²) in [5, 5.41) is 4.25. The van der Waals surface area contributed by atoms with Crippen molar-refractivity contribution in [2.24, 2.45) is 0 Å². The van der Waals surface area contributed by atoms with Crippen LogP contribution >= 0.6 is 23.2 Å². The van der Waals surface area contributed by atoms with Gasteiger partial charge in [0, 0.05) is 56.9 Å². The van der Waals surface area contributed by atoms with Gasteiger partial charge in [-0.25, -0.2) is 0 Å². The monoisotopic (exact) mass is 421 g/mol. The zero-order valence-corrected chi connectivity index (χ0v) is 18.4. The van der Waals surface area contributed by atoms with Crippen LogP contribution in [-0.2, 0) is 13.1 Å². The third-order valence-electron chi connectivity index (χ3n) is 5.15. The van der Waals surface area contributed by atoms with Crippen molar-refractivity contribution < 1.29 is 4.74 Å². The van der Waals surface area contributed by atoms with Gasteiger partial charge in [-0.15, -0.1) is 0 Å². The molecule has 0 amide bonds. The molecule has 0 aliphatic carbocycles. The highest BCUT2D eigenvalue weighted by molar-refractivity contribution is 6.42. The molecular formula is C22H29Cl2N3O. The molecule has 28 heavy (non-hydrogen) atoms. The molecule has 0 atom stereocenters. The van der Waals surface area contributed by atoms with Crippen molar-refractivity contribution in [1.82, 2.24) is 15.1 Å². The first-order valence-electron chi connectivity index (χ1n) is 9.82. The lowest BCUT2D eigenvalue weighted by molar-refractivity contribution is 0.104. The number of hydrogen-bond donors (Lipinski definition) is 1. The van der Waals surface area contributed by atoms with Crippen LogP contribution in [0.15, 0.2) is 36.4 Å². The van der Waals surface area contributed by atoms with E-state index in [4.69, 9.17) is 27.9 Å². The molecule has 1 saturated heterocycles. The fourth-order valence-electron chi connectivity index (χ4n) is 3.52. The Morgan fingerprint density at radius 1 is 1.00 bits per heavy atom. The van der Waals surface area contributed by atoms with Crippen LogP contribution in [-0.4, -0.2) is 49.1 Å². The minimum absolute atomic E-state index is 0.492. The summed E-state index contributed by atoms with van der Waals surface area (Å²) < 4.78 is 6.08. The van der Waals surface area contributed by atoms with E-state index in [0.717, 1.165) is 50.6 Å². The highest BCUT2D eigenvalue weighted by Gasteiger charge is 2.19. The lowest BCUT2D eigenvalue weighted by Gasteiger charge is -2.37. The Morgan fingerprint density at radius 2 is 1.75 bits per heavy atom. The van der Waals surface area contributed by atoms with Crippen molar-refractivity contribution in [2.75, 3.05) is 33.2 Å². The molecule has 1 fully saturated rings. The predicted octanol–water partition coefficient (Wildman–Crippen LogP) is 5.03. The minimum Gasteiger partial charge on any atom is -0.457 e. The van der Waals surface area contributed by atoms with Crippen LogP contribution in [0.2, 0.25) is 10.0 Å². The first-order chi connectivity index (χ1) is 13.5. The molecule has 1 heterocycles. The summed E-state index contributed by atoms with van der Waals surface area (Å²) in [6.07, 6.45) is 0. The minimum atomic E-state index is 0.492. The van der Waals surface area contributed by atoms with Gasteiger partial charge in [0.25, 0.3) is 0 Å². The van der Waals surface area contributed by atoms with E-state index in [9.17, 15) is 0 Å². The molecule has 152 valence electrons. The molecule has 6 heteroatoms. The van der Waals surface area contributed by atoms with Gasteiger partial charge < -0.3 is 10.1 Å². The van der Waals surface area contributed by atoms with Crippen LogP contribution < -0.4 is 10.1 Å². The van der Waals surface area contributed by atoms with Gasteiger partial charge >= 0.3 is 0 Å². The molecule has 1 aliphatic rings. The number of nitrogens with one attached hydrogen (secondary N) is 1. The molecule has 0 bridgehead atoms. The smallest absolute Gasteiger partial charge is 0.131 e. The van der Waals surface area contributed by atoms with E-state index in [1.165, 1.54) is 5.56 Å². The van der Waals surface area contributed by atoms with Gasteiger partial charge in [0.15, 0.2) is 0 Å². The van der Waals surface area contributed by atoms with E-state index in [1.54, 1.807) is 12.1 Å². The lowest BCUT2D eigenvalue weighted by Crippen LogP contribution is -2.48. The van der Waals surface area contributed by atoms with Gasteiger partial charge in [0.05, 0.1) is 10.0 Å². The quantitative estimate of drug-likeness (QED) is 0.677. The number of halogens is 2. The Labute approximate surface area is 178 Å². The Balaban J connectivity index is 1.69. The van der Waals surface area contributed by atoms with Gasteiger partial charge in [0.1, 0.15) is 11.5 Å². The number of piperazine rings is 1. The number of ether oxygens (including phenoxy) is 1. The maximum Gasteiger partial charge on any atom is 0.131 e. The van der Waals surface area contributed by atoms with E-state index in [0.29, 0.717) is 21.8 Å². The summed E-state index contributed by atoms with van der Waals surface area (Å²) >= 11 is 12.1. The van der Waals surface area contributed by atoms with Crippen LogP contribution in [0.3, 0.4) is 0 Å². The van der Waals surface area contributed by atoms with Gasteiger partial charge in [-0.3, -0.25) is 9.80 Å². The van der Waals surface area contributed by atoms with Crippen LogP contribution in [0.4, 0.5) is 0 Å². The molecule has 2 aromatic rings. The Kier molecular flexibility index (Phi) is 7.61. The Morgan fingerprint density at radius 3 is 2.39 bits per heavy atom. The van der Waals surface area contributed by atoms with Crippen molar-refractivity contribution in [2.45, 2.75) is 33.0 Å². The molecule has 2 aromatic carbocycles. The molecule has 0 spiro atoms. The Hall–Kier alpha value is -1.30. The Bertz CT molecular complexity index is 789. The normalized spacial score (nSPS) is 15.9. The van der Waals surface area contributed by atoms with Crippen molar-refractivity contribution >= 4 is 23.2 Å². The van der Waals surface area contributed by atoms with Crippen LogP contribution in [0, 0.1) is 0 Å². The molecule has 0 aromatic heterocycles. The second-order valence-corrected chi connectivity index (χ2v) is 8.37. The van der Waals surface area contributed by atoms with Crippen LogP contribution in [0.25, 0.3) is 0 Å². The third-order valence-corrected chi connectivity index (χ3v) is 5.89. The van der Waals surface area contributed by atoms with Crippen molar-refractivity contribution in [1.29, 1.82) is 0 Å². The number of benzene rings is 2. The van der Waals surface area contributed by atoms with Crippen LogP contribution in [0.1, 0.15) is 25.0 Å². The van der Waals surface area contributed by atoms with E-state index < -0.39 is 0 Å². The summed E-state index contributed by atoms with van der Waals surface area (Å²) in [6, 6.07) is 12.4. The average molecular weight is 422 g/mol. The number of nitrogens with zero attached hydrogens (tertiary/aromatic N) is 2. The molecule has 0 unspecified atom stereocenters. The van der Waals surface area contributed by atoms with E-state index >= 15 is 0 Å². The van der Waals surface area contributed by atoms with Crippen LogP contribution in [0.5, 0.6) is 11.5 Å². The van der Waals surface area contributed by atoms with E-state index in [2.05, 4.69) is 47.2 Å². The molecule has 4 nitrogen and oxygen atoms in total.